The first-order chi connectivity index (χ1) is 11.2. The summed E-state index contributed by atoms with van der Waals surface area (Å²) in [6, 6.07) is 17.3. The van der Waals surface area contributed by atoms with Crippen LogP contribution in [-0.2, 0) is 0 Å². The van der Waals surface area contributed by atoms with Gasteiger partial charge in [0.25, 0.3) is 5.84 Å². The van der Waals surface area contributed by atoms with Crippen LogP contribution in [0, 0.1) is 0 Å². The average molecular weight is 305 g/mol. The Labute approximate surface area is 133 Å². The Kier molecular flexibility index (Phi) is 2.94. The number of para-hydroxylation sites is 3. The van der Waals surface area contributed by atoms with E-state index in [2.05, 4.69) is 9.97 Å². The maximum absolute atomic E-state index is 10.6. The van der Waals surface area contributed by atoms with Crippen molar-refractivity contribution in [3.05, 3.63) is 66.2 Å². The summed E-state index contributed by atoms with van der Waals surface area (Å²) in [7, 11) is 0. The zero-order valence-corrected chi connectivity index (χ0v) is 12.7. The van der Waals surface area contributed by atoms with Gasteiger partial charge in [0.1, 0.15) is 17.1 Å². The summed E-state index contributed by atoms with van der Waals surface area (Å²) >= 11 is 0. The second kappa shape index (κ2) is 4.98. The lowest BCUT2D eigenvalue weighted by molar-refractivity contribution is -0.469. The van der Waals surface area contributed by atoms with E-state index in [9.17, 15) is 5.11 Å². The Hall–Kier alpha value is -3.08. The first-order valence-electron chi connectivity index (χ1n) is 7.52. The van der Waals surface area contributed by atoms with Crippen molar-refractivity contribution in [1.29, 1.82) is 0 Å². The molecule has 1 aliphatic heterocycles. The van der Waals surface area contributed by atoms with Gasteiger partial charge in [-0.2, -0.15) is 0 Å². The summed E-state index contributed by atoms with van der Waals surface area (Å²) in [5.74, 6) is 1.32. The minimum atomic E-state index is -0.236. The average Bonchev–Trinajstić information content (AvgIpc) is 3.07. The number of aliphatic hydroxyl groups excluding tert-OH is 1. The minimum Gasteiger partial charge on any atom is -0.507 e. The number of fused-ring (bicyclic) bond motifs is 1. The van der Waals surface area contributed by atoms with Crippen molar-refractivity contribution in [2.24, 2.45) is 5.73 Å². The number of aromatic amines is 1. The van der Waals surface area contributed by atoms with Crippen LogP contribution in [0.5, 0.6) is 0 Å². The molecule has 1 atom stereocenters. The number of hydrogen-bond donors (Lipinski definition) is 3. The highest BCUT2D eigenvalue weighted by atomic mass is 16.3. The molecule has 5 heteroatoms. The number of rotatable bonds is 2. The van der Waals surface area contributed by atoms with Gasteiger partial charge in [-0.15, -0.1) is 0 Å². The van der Waals surface area contributed by atoms with E-state index in [1.54, 1.807) is 0 Å². The lowest BCUT2D eigenvalue weighted by Crippen LogP contribution is -2.26. The highest BCUT2D eigenvalue weighted by Crippen LogP contribution is 2.30. The van der Waals surface area contributed by atoms with Crippen molar-refractivity contribution in [1.82, 2.24) is 9.97 Å². The molecule has 1 aromatic heterocycles. The second-order valence-electron chi connectivity index (χ2n) is 5.63. The van der Waals surface area contributed by atoms with Crippen molar-refractivity contribution in [2.75, 3.05) is 0 Å². The summed E-state index contributed by atoms with van der Waals surface area (Å²) in [5, 5.41) is 10.6. The fraction of sp³-hybridized carbons (Fsp3) is 0.111. The highest BCUT2D eigenvalue weighted by molar-refractivity contribution is 6.21. The first kappa shape index (κ1) is 13.6. The van der Waals surface area contributed by atoms with E-state index in [4.69, 9.17) is 5.73 Å². The number of benzene rings is 2. The molecule has 2 aromatic carbocycles. The van der Waals surface area contributed by atoms with Crippen LogP contribution in [0.15, 0.2) is 60.4 Å². The smallest absolute Gasteiger partial charge is 0.288 e. The normalized spacial score (nSPS) is 18.2. The van der Waals surface area contributed by atoms with Crippen LogP contribution in [0.25, 0.3) is 16.6 Å². The molecule has 0 saturated heterocycles. The number of nitrogens with two attached hydrogens (primary N) is 1. The number of nitrogens with zero attached hydrogens (tertiary/aromatic N) is 2. The standard InChI is InChI=1S/C18H16N4O/c1-11-16(23)15(17(19)22(11)12-7-3-2-4-8-12)18-20-13-9-5-6-10-14(13)21-18/h2-11H,1H3,(H3,19,20,21,23)/p+1. The van der Waals surface area contributed by atoms with Crippen molar-refractivity contribution in [3.63, 3.8) is 0 Å². The minimum absolute atomic E-state index is 0.227. The van der Waals surface area contributed by atoms with Gasteiger partial charge >= 0.3 is 0 Å². The van der Waals surface area contributed by atoms with E-state index >= 15 is 0 Å². The first-order valence-corrected chi connectivity index (χ1v) is 7.52. The van der Waals surface area contributed by atoms with Gasteiger partial charge in [-0.05, 0) is 31.2 Å². The summed E-state index contributed by atoms with van der Waals surface area (Å²) < 4.78 is 1.91. The largest absolute Gasteiger partial charge is 0.507 e. The second-order valence-corrected chi connectivity index (χ2v) is 5.63. The van der Waals surface area contributed by atoms with E-state index in [1.807, 2.05) is 66.1 Å². The molecule has 0 bridgehead atoms. The maximum Gasteiger partial charge on any atom is 0.288 e. The molecule has 0 aliphatic carbocycles. The van der Waals surface area contributed by atoms with Gasteiger partial charge in [0, 0.05) is 0 Å². The zero-order chi connectivity index (χ0) is 16.0. The van der Waals surface area contributed by atoms with Crippen LogP contribution in [0.3, 0.4) is 0 Å². The molecular weight excluding hydrogens is 288 g/mol. The Morgan fingerprint density at radius 2 is 1.78 bits per heavy atom. The number of amidine groups is 1. The molecule has 0 amide bonds. The van der Waals surface area contributed by atoms with Crippen LogP contribution in [0.1, 0.15) is 12.7 Å². The number of aromatic nitrogens is 2. The van der Waals surface area contributed by atoms with Crippen LogP contribution in [0.2, 0.25) is 0 Å². The van der Waals surface area contributed by atoms with Crippen molar-refractivity contribution in [3.8, 4) is 0 Å². The van der Waals surface area contributed by atoms with E-state index in [-0.39, 0.29) is 11.8 Å². The van der Waals surface area contributed by atoms with E-state index in [1.165, 1.54) is 0 Å². The molecule has 2 heterocycles. The molecule has 1 aliphatic rings. The van der Waals surface area contributed by atoms with Crippen LogP contribution < -0.4 is 5.73 Å². The molecule has 23 heavy (non-hydrogen) atoms. The van der Waals surface area contributed by atoms with Crippen molar-refractivity contribution in [2.45, 2.75) is 13.0 Å². The van der Waals surface area contributed by atoms with Gasteiger partial charge in [-0.25, -0.2) is 9.56 Å². The Morgan fingerprint density at radius 3 is 2.52 bits per heavy atom. The molecule has 114 valence electrons. The monoisotopic (exact) mass is 305 g/mol. The third kappa shape index (κ3) is 2.01. The fourth-order valence-corrected chi connectivity index (χ4v) is 3.06. The number of H-pyrrole nitrogens is 1. The predicted molar refractivity (Wildman–Crippen MR) is 90.7 cm³/mol. The Bertz CT molecular complexity index is 920. The van der Waals surface area contributed by atoms with Crippen molar-refractivity contribution < 1.29 is 9.68 Å². The molecular formula is C18H17N4O+. The topological polar surface area (TPSA) is 77.9 Å². The number of aliphatic hydroxyl groups is 1. The third-order valence-corrected chi connectivity index (χ3v) is 4.22. The molecule has 1 unspecified atom stereocenters. The number of nitrogens with one attached hydrogen (secondary N) is 1. The van der Waals surface area contributed by atoms with Gasteiger partial charge < -0.3 is 10.1 Å². The molecule has 0 saturated carbocycles. The summed E-state index contributed by atoms with van der Waals surface area (Å²) in [5.41, 5.74) is 9.63. The van der Waals surface area contributed by atoms with Gasteiger partial charge in [0.05, 0.1) is 11.0 Å². The predicted octanol–water partition coefficient (Wildman–Crippen LogP) is 2.94. The fourth-order valence-electron chi connectivity index (χ4n) is 3.06. The molecule has 0 radical (unpaired) electrons. The SMILES string of the molecule is CC1C(O)=C(c2nc3ccccc3[nH]2)C(N)=[N+]1c1ccccc1. The zero-order valence-electron chi connectivity index (χ0n) is 12.7. The Morgan fingerprint density at radius 1 is 1.09 bits per heavy atom. The molecule has 3 aromatic rings. The Balaban J connectivity index is 1.88. The lowest BCUT2D eigenvalue weighted by atomic mass is 10.2. The molecule has 4 rings (SSSR count). The van der Waals surface area contributed by atoms with E-state index in [0.717, 1.165) is 16.7 Å². The number of hydrogen-bond acceptors (Lipinski definition) is 3. The molecule has 0 fully saturated rings. The molecule has 4 N–H and O–H groups in total. The van der Waals surface area contributed by atoms with Crippen LogP contribution in [-0.4, -0.2) is 31.5 Å². The van der Waals surface area contributed by atoms with Gasteiger partial charge in [-0.1, -0.05) is 30.3 Å². The molecule has 0 spiro atoms. The summed E-state index contributed by atoms with van der Waals surface area (Å²) in [6.07, 6.45) is 0. The van der Waals surface area contributed by atoms with Crippen LogP contribution in [0.4, 0.5) is 5.69 Å². The summed E-state index contributed by atoms with van der Waals surface area (Å²) in [6.45, 7) is 1.92. The maximum atomic E-state index is 10.6. The third-order valence-electron chi connectivity index (χ3n) is 4.22. The highest BCUT2D eigenvalue weighted by Gasteiger charge is 2.37. The van der Waals surface area contributed by atoms with Gasteiger partial charge in [0.15, 0.2) is 11.8 Å². The van der Waals surface area contributed by atoms with Gasteiger partial charge in [0.2, 0.25) is 0 Å². The van der Waals surface area contributed by atoms with E-state index < -0.39 is 0 Å². The quantitative estimate of drug-likeness (QED) is 0.637. The van der Waals surface area contributed by atoms with Crippen LogP contribution >= 0.6 is 0 Å². The van der Waals surface area contributed by atoms with Crippen molar-refractivity contribution >= 4 is 28.1 Å². The lowest BCUT2D eigenvalue weighted by Gasteiger charge is -2.09. The van der Waals surface area contributed by atoms with E-state index in [0.29, 0.717) is 17.2 Å². The number of imidazole rings is 1. The summed E-state index contributed by atoms with van der Waals surface area (Å²) in [4.78, 5) is 7.79. The van der Waals surface area contributed by atoms with Gasteiger partial charge in [-0.3, -0.25) is 5.73 Å². The molecule has 5 nitrogen and oxygen atoms in total.